The molecule has 1 aliphatic rings. The van der Waals surface area contributed by atoms with Crippen LogP contribution in [-0.4, -0.2) is 56.0 Å². The Morgan fingerprint density at radius 1 is 1.14 bits per heavy atom. The van der Waals surface area contributed by atoms with Gasteiger partial charge in [-0.15, -0.1) is 0 Å². The first-order valence-corrected chi connectivity index (χ1v) is 9.81. The maximum absolute atomic E-state index is 12.9. The zero-order chi connectivity index (χ0) is 20.8. The van der Waals surface area contributed by atoms with Crippen molar-refractivity contribution >= 4 is 11.8 Å². The molecular weight excluding hydrogens is 368 g/mol. The molecule has 2 aromatic rings. The molecule has 0 unspecified atom stereocenters. The van der Waals surface area contributed by atoms with Crippen LogP contribution in [0.3, 0.4) is 0 Å². The van der Waals surface area contributed by atoms with Crippen LogP contribution in [0.1, 0.15) is 23.1 Å². The molecule has 3 rings (SSSR count). The van der Waals surface area contributed by atoms with Crippen LogP contribution in [0.15, 0.2) is 42.5 Å². The van der Waals surface area contributed by atoms with Gasteiger partial charge in [-0.3, -0.25) is 9.59 Å². The maximum Gasteiger partial charge on any atom is 0.227 e. The molecule has 6 heteroatoms. The predicted octanol–water partition coefficient (Wildman–Crippen LogP) is 2.68. The minimum absolute atomic E-state index is 0.0582. The van der Waals surface area contributed by atoms with Crippen LogP contribution in [0.5, 0.6) is 11.5 Å². The van der Waals surface area contributed by atoms with E-state index < -0.39 is 0 Å². The quantitative estimate of drug-likeness (QED) is 0.753. The number of hydrogen-bond donors (Lipinski definition) is 0. The fourth-order valence-electron chi connectivity index (χ4n) is 3.36. The van der Waals surface area contributed by atoms with Gasteiger partial charge in [0.2, 0.25) is 11.8 Å². The van der Waals surface area contributed by atoms with Crippen molar-refractivity contribution in [1.29, 1.82) is 0 Å². The second-order valence-corrected chi connectivity index (χ2v) is 7.42. The first-order valence-electron chi connectivity index (χ1n) is 9.81. The molecule has 0 aliphatic carbocycles. The molecule has 0 radical (unpaired) electrons. The summed E-state index contributed by atoms with van der Waals surface area (Å²) < 4.78 is 11.1. The summed E-state index contributed by atoms with van der Waals surface area (Å²) in [4.78, 5) is 28.2. The van der Waals surface area contributed by atoms with Crippen molar-refractivity contribution in [3.05, 3.63) is 59.2 Å². The van der Waals surface area contributed by atoms with E-state index in [1.807, 2.05) is 41.3 Å². The Morgan fingerprint density at radius 2 is 1.97 bits per heavy atom. The first kappa shape index (κ1) is 20.7. The summed E-state index contributed by atoms with van der Waals surface area (Å²) >= 11 is 0. The number of benzene rings is 2. The van der Waals surface area contributed by atoms with Gasteiger partial charge in [0.25, 0.3) is 0 Å². The van der Waals surface area contributed by atoms with Gasteiger partial charge in [-0.05, 0) is 35.7 Å². The lowest BCUT2D eigenvalue weighted by molar-refractivity contribution is -0.131. The van der Waals surface area contributed by atoms with Gasteiger partial charge >= 0.3 is 0 Å². The molecule has 154 valence electrons. The third kappa shape index (κ3) is 5.50. The van der Waals surface area contributed by atoms with E-state index in [0.29, 0.717) is 39.0 Å². The van der Waals surface area contributed by atoms with Crippen LogP contribution in [0, 0.1) is 0 Å². The number of aryl methyl sites for hydroxylation is 1. The van der Waals surface area contributed by atoms with Crippen LogP contribution in [0.2, 0.25) is 0 Å². The van der Waals surface area contributed by atoms with Crippen molar-refractivity contribution in [2.24, 2.45) is 0 Å². The molecule has 6 nitrogen and oxygen atoms in total. The number of hydrogen-bond acceptors (Lipinski definition) is 4. The highest BCUT2D eigenvalue weighted by molar-refractivity contribution is 5.79. The minimum atomic E-state index is 0.0582. The second kappa shape index (κ2) is 9.45. The summed E-state index contributed by atoms with van der Waals surface area (Å²) in [6.07, 6.45) is 1.46. The second-order valence-electron chi connectivity index (χ2n) is 7.42. The lowest BCUT2D eigenvalue weighted by atomic mass is 10.0. The van der Waals surface area contributed by atoms with E-state index >= 15 is 0 Å². The molecule has 0 saturated heterocycles. The van der Waals surface area contributed by atoms with Gasteiger partial charge < -0.3 is 19.3 Å². The van der Waals surface area contributed by atoms with Crippen LogP contribution < -0.4 is 9.47 Å². The zero-order valence-corrected chi connectivity index (χ0v) is 17.3. The van der Waals surface area contributed by atoms with Gasteiger partial charge in [0.05, 0.1) is 20.1 Å². The van der Waals surface area contributed by atoms with E-state index in [4.69, 9.17) is 9.47 Å². The Hall–Kier alpha value is -3.02. The van der Waals surface area contributed by atoms with Crippen molar-refractivity contribution in [3.8, 4) is 11.5 Å². The summed E-state index contributed by atoms with van der Waals surface area (Å²) in [7, 11) is 5.14. The van der Waals surface area contributed by atoms with Crippen LogP contribution in [0.4, 0.5) is 0 Å². The van der Waals surface area contributed by atoms with Gasteiger partial charge in [-0.2, -0.15) is 0 Å². The third-order valence-corrected chi connectivity index (χ3v) is 5.07. The molecule has 1 heterocycles. The van der Waals surface area contributed by atoms with Crippen molar-refractivity contribution in [2.45, 2.75) is 25.8 Å². The molecule has 29 heavy (non-hydrogen) atoms. The highest BCUT2D eigenvalue weighted by atomic mass is 16.5. The van der Waals surface area contributed by atoms with Crippen molar-refractivity contribution in [2.75, 3.05) is 34.4 Å². The summed E-state index contributed by atoms with van der Waals surface area (Å²) in [6.45, 7) is 1.52. The Bertz CT molecular complexity index is 879. The fourth-order valence-corrected chi connectivity index (χ4v) is 3.36. The van der Waals surface area contributed by atoms with E-state index in [9.17, 15) is 9.59 Å². The Labute approximate surface area is 172 Å². The predicted molar refractivity (Wildman–Crippen MR) is 111 cm³/mol. The average molecular weight is 396 g/mol. The third-order valence-electron chi connectivity index (χ3n) is 5.07. The van der Waals surface area contributed by atoms with Crippen molar-refractivity contribution < 1.29 is 19.1 Å². The molecule has 0 bridgehead atoms. The summed E-state index contributed by atoms with van der Waals surface area (Å²) in [5.74, 6) is 1.72. The fraction of sp³-hybridized carbons (Fsp3) is 0.391. The molecule has 0 N–H and O–H groups in total. The van der Waals surface area contributed by atoms with E-state index in [0.717, 1.165) is 28.2 Å². The van der Waals surface area contributed by atoms with Gasteiger partial charge in [-0.1, -0.05) is 24.3 Å². The normalized spacial score (nSPS) is 13.1. The van der Waals surface area contributed by atoms with E-state index in [2.05, 4.69) is 6.07 Å². The molecule has 2 aromatic carbocycles. The molecule has 0 saturated carbocycles. The lowest BCUT2D eigenvalue weighted by Gasteiger charge is -2.20. The van der Waals surface area contributed by atoms with E-state index in [1.54, 1.807) is 26.1 Å². The summed E-state index contributed by atoms with van der Waals surface area (Å²) in [5.41, 5.74) is 2.98. The van der Waals surface area contributed by atoms with Crippen LogP contribution in [0.25, 0.3) is 0 Å². The average Bonchev–Trinajstić information content (AvgIpc) is 2.94. The molecular formula is C23H28N2O4. The molecule has 2 amide bonds. The number of carbonyl (C=O) groups is 2. The van der Waals surface area contributed by atoms with E-state index in [1.165, 1.54) is 0 Å². The highest BCUT2D eigenvalue weighted by Crippen LogP contribution is 2.25. The van der Waals surface area contributed by atoms with Gasteiger partial charge in [0.1, 0.15) is 18.1 Å². The number of carbonyl (C=O) groups excluding carboxylic acids is 2. The lowest BCUT2D eigenvalue weighted by Crippen LogP contribution is -2.33. The monoisotopic (exact) mass is 396 g/mol. The molecule has 0 atom stereocenters. The largest absolute Gasteiger partial charge is 0.497 e. The van der Waals surface area contributed by atoms with Crippen molar-refractivity contribution in [1.82, 2.24) is 9.80 Å². The van der Waals surface area contributed by atoms with Crippen molar-refractivity contribution in [3.63, 3.8) is 0 Å². The number of nitrogens with zero attached hydrogens (tertiary/aromatic N) is 2. The molecule has 1 aliphatic heterocycles. The van der Waals surface area contributed by atoms with Gasteiger partial charge in [0.15, 0.2) is 0 Å². The van der Waals surface area contributed by atoms with Crippen LogP contribution in [-0.2, 0) is 29.0 Å². The Balaban J connectivity index is 1.69. The first-order chi connectivity index (χ1) is 14.0. The Morgan fingerprint density at radius 3 is 2.72 bits per heavy atom. The standard InChI is InChI=1S/C23H28N2O4/c1-24(2)22(26)10-8-17-7-9-21-19(13-17)16-25(11-12-29-21)23(27)15-18-5-4-6-20(14-18)28-3/h4-7,9,13-14H,8,10-12,15-16H2,1-3H3. The molecule has 0 aromatic heterocycles. The number of methoxy groups -OCH3 is 1. The minimum Gasteiger partial charge on any atom is -0.497 e. The molecule has 0 fully saturated rings. The number of ether oxygens (including phenoxy) is 2. The van der Waals surface area contributed by atoms with Crippen LogP contribution >= 0.6 is 0 Å². The Kier molecular flexibility index (Phi) is 6.75. The highest BCUT2D eigenvalue weighted by Gasteiger charge is 2.20. The van der Waals surface area contributed by atoms with E-state index in [-0.39, 0.29) is 11.8 Å². The summed E-state index contributed by atoms with van der Waals surface area (Å²) in [5, 5.41) is 0. The molecule has 0 spiro atoms. The summed E-state index contributed by atoms with van der Waals surface area (Å²) in [6, 6.07) is 13.6. The topological polar surface area (TPSA) is 59.1 Å². The number of amides is 2. The number of fused-ring (bicyclic) bond motifs is 1. The maximum atomic E-state index is 12.9. The van der Waals surface area contributed by atoms with Gasteiger partial charge in [-0.25, -0.2) is 0 Å². The number of rotatable bonds is 6. The smallest absolute Gasteiger partial charge is 0.227 e. The van der Waals surface area contributed by atoms with Gasteiger partial charge in [0, 0.05) is 32.6 Å². The SMILES string of the molecule is COc1cccc(CC(=O)N2CCOc3ccc(CCC(=O)N(C)C)cc3C2)c1. The zero-order valence-electron chi connectivity index (χ0n) is 17.3.